The van der Waals surface area contributed by atoms with E-state index in [0.717, 1.165) is 48.8 Å². The third kappa shape index (κ3) is 2.99. The van der Waals surface area contributed by atoms with Gasteiger partial charge < -0.3 is 20.1 Å². The van der Waals surface area contributed by atoms with Crippen molar-refractivity contribution in [1.82, 2.24) is 4.90 Å². The first-order valence-electron chi connectivity index (χ1n) is 9.65. The Balaban J connectivity index is 1.47. The number of nitrogens with zero attached hydrogens (tertiary/aromatic N) is 2. The fourth-order valence-corrected chi connectivity index (χ4v) is 4.65. The predicted octanol–water partition coefficient (Wildman–Crippen LogP) is 3.37. The first-order valence-corrected chi connectivity index (χ1v) is 9.65. The first kappa shape index (κ1) is 16.7. The highest BCUT2D eigenvalue weighted by Gasteiger charge is 2.45. The Kier molecular flexibility index (Phi) is 4.59. The second kappa shape index (κ2) is 6.87. The quantitative estimate of drug-likeness (QED) is 0.805. The molecule has 136 valence electrons. The van der Waals surface area contributed by atoms with Crippen LogP contribution in [-0.2, 0) is 5.41 Å². The molecule has 5 nitrogen and oxygen atoms in total. The average molecular weight is 343 g/mol. The van der Waals surface area contributed by atoms with Gasteiger partial charge in [-0.25, -0.2) is 4.99 Å². The van der Waals surface area contributed by atoms with Crippen LogP contribution >= 0.6 is 0 Å². The van der Waals surface area contributed by atoms with Gasteiger partial charge in [0.05, 0.1) is 24.8 Å². The number of benzene rings is 1. The highest BCUT2D eigenvalue weighted by atomic mass is 16.5. The molecule has 1 aliphatic carbocycles. The third-order valence-electron chi connectivity index (χ3n) is 6.06. The number of likely N-dealkylation sites (tertiary alicyclic amines) is 1. The highest BCUT2D eigenvalue weighted by molar-refractivity contribution is 6.00. The summed E-state index contributed by atoms with van der Waals surface area (Å²) in [5, 5.41) is 0. The van der Waals surface area contributed by atoms with Crippen LogP contribution < -0.4 is 15.2 Å². The van der Waals surface area contributed by atoms with E-state index in [-0.39, 0.29) is 5.41 Å². The maximum atomic E-state index is 6.32. The molecule has 0 unspecified atom stereocenters. The normalized spacial score (nSPS) is 21.6. The number of hydrogen-bond donors (Lipinski definition) is 1. The summed E-state index contributed by atoms with van der Waals surface area (Å²) < 4.78 is 11.6. The van der Waals surface area contributed by atoms with Crippen molar-refractivity contribution in [3.8, 4) is 11.5 Å². The zero-order valence-corrected chi connectivity index (χ0v) is 15.2. The summed E-state index contributed by atoms with van der Waals surface area (Å²) in [6.07, 6.45) is 8.32. The van der Waals surface area contributed by atoms with Crippen molar-refractivity contribution in [3.63, 3.8) is 0 Å². The second-order valence-corrected chi connectivity index (χ2v) is 7.56. The van der Waals surface area contributed by atoms with E-state index in [0.29, 0.717) is 6.61 Å². The van der Waals surface area contributed by atoms with E-state index >= 15 is 0 Å². The zero-order chi connectivity index (χ0) is 17.3. The van der Waals surface area contributed by atoms with Gasteiger partial charge in [-0.1, -0.05) is 12.8 Å². The largest absolute Gasteiger partial charge is 0.493 e. The summed E-state index contributed by atoms with van der Waals surface area (Å²) in [5.41, 5.74) is 8.46. The Bertz CT molecular complexity index is 659. The van der Waals surface area contributed by atoms with Crippen molar-refractivity contribution < 1.29 is 9.47 Å². The van der Waals surface area contributed by atoms with Gasteiger partial charge in [0.15, 0.2) is 11.5 Å². The summed E-state index contributed by atoms with van der Waals surface area (Å²) in [4.78, 5) is 7.18. The summed E-state index contributed by atoms with van der Waals surface area (Å²) in [6.45, 7) is 4.29. The number of hydrogen-bond acceptors (Lipinski definition) is 5. The molecule has 1 aromatic rings. The zero-order valence-electron chi connectivity index (χ0n) is 15.2. The topological polar surface area (TPSA) is 60.1 Å². The molecule has 3 aliphatic rings. The van der Waals surface area contributed by atoms with Gasteiger partial charge in [0.2, 0.25) is 0 Å². The minimum atomic E-state index is -0.0586. The smallest absolute Gasteiger partial charge is 0.163 e. The molecule has 5 heteroatoms. The number of fused-ring (bicyclic) bond motifs is 2. The SMILES string of the molecule is COc1cc2c(cc1OCCCN1CCCC1)N=C(N)C21CCCC1. The van der Waals surface area contributed by atoms with E-state index in [1.165, 1.54) is 44.3 Å². The Morgan fingerprint density at radius 3 is 2.60 bits per heavy atom. The molecule has 1 saturated carbocycles. The number of ether oxygens (including phenoxy) is 2. The van der Waals surface area contributed by atoms with Crippen LogP contribution in [0, 0.1) is 0 Å². The molecule has 1 saturated heterocycles. The van der Waals surface area contributed by atoms with Gasteiger partial charge in [-0.15, -0.1) is 0 Å². The van der Waals surface area contributed by atoms with Crippen LogP contribution in [0.15, 0.2) is 17.1 Å². The van der Waals surface area contributed by atoms with Crippen LogP contribution in [0.3, 0.4) is 0 Å². The molecule has 0 amide bonds. The molecule has 0 bridgehead atoms. The monoisotopic (exact) mass is 343 g/mol. The number of aliphatic imine (C=N–C) groups is 1. The lowest BCUT2D eigenvalue weighted by Gasteiger charge is -2.25. The van der Waals surface area contributed by atoms with E-state index < -0.39 is 0 Å². The molecule has 25 heavy (non-hydrogen) atoms. The molecular weight excluding hydrogens is 314 g/mol. The maximum absolute atomic E-state index is 6.32. The molecule has 2 aliphatic heterocycles. The van der Waals surface area contributed by atoms with E-state index in [2.05, 4.69) is 16.0 Å². The number of methoxy groups -OCH3 is 1. The Labute approximate surface area is 150 Å². The summed E-state index contributed by atoms with van der Waals surface area (Å²) in [5.74, 6) is 2.36. The molecule has 1 aromatic carbocycles. The second-order valence-electron chi connectivity index (χ2n) is 7.56. The maximum Gasteiger partial charge on any atom is 0.163 e. The van der Waals surface area contributed by atoms with E-state index in [9.17, 15) is 0 Å². The number of nitrogens with two attached hydrogens (primary N) is 1. The highest BCUT2D eigenvalue weighted by Crippen LogP contribution is 2.52. The van der Waals surface area contributed by atoms with Gasteiger partial charge in [0.25, 0.3) is 0 Å². The minimum Gasteiger partial charge on any atom is -0.493 e. The predicted molar refractivity (Wildman–Crippen MR) is 100 cm³/mol. The molecule has 0 aromatic heterocycles. The van der Waals surface area contributed by atoms with Crippen molar-refractivity contribution in [2.24, 2.45) is 10.7 Å². The van der Waals surface area contributed by atoms with Crippen molar-refractivity contribution in [2.45, 2.75) is 50.4 Å². The summed E-state index contributed by atoms with van der Waals surface area (Å²) in [7, 11) is 1.71. The van der Waals surface area contributed by atoms with Crippen LogP contribution in [0.25, 0.3) is 0 Å². The molecule has 2 fully saturated rings. The van der Waals surface area contributed by atoms with Gasteiger partial charge in [-0.05, 0) is 56.8 Å². The molecule has 4 rings (SSSR count). The van der Waals surface area contributed by atoms with Gasteiger partial charge in [-0.2, -0.15) is 0 Å². The van der Waals surface area contributed by atoms with Gasteiger partial charge in [0.1, 0.15) is 5.84 Å². The lowest BCUT2D eigenvalue weighted by molar-refractivity contribution is 0.254. The van der Waals surface area contributed by atoms with Gasteiger partial charge in [0, 0.05) is 12.6 Å². The molecule has 2 heterocycles. The molecule has 1 spiro atoms. The van der Waals surface area contributed by atoms with Gasteiger partial charge >= 0.3 is 0 Å². The fraction of sp³-hybridized carbons (Fsp3) is 0.650. The minimum absolute atomic E-state index is 0.0586. The lowest BCUT2D eigenvalue weighted by Crippen LogP contribution is -2.35. The summed E-state index contributed by atoms with van der Waals surface area (Å²) in [6, 6.07) is 4.13. The van der Waals surface area contributed by atoms with Crippen molar-refractivity contribution in [3.05, 3.63) is 17.7 Å². The third-order valence-corrected chi connectivity index (χ3v) is 6.06. The Morgan fingerprint density at radius 1 is 1.12 bits per heavy atom. The molecular formula is C20H29N3O2. The van der Waals surface area contributed by atoms with Crippen molar-refractivity contribution >= 4 is 11.5 Å². The van der Waals surface area contributed by atoms with E-state index in [4.69, 9.17) is 15.2 Å². The number of rotatable bonds is 6. The fourth-order valence-electron chi connectivity index (χ4n) is 4.65. The standard InChI is InChI=1S/C20H29N3O2/c1-24-17-13-15-16(22-19(21)20(15)7-2-3-8-20)14-18(17)25-12-6-11-23-9-4-5-10-23/h13-14H,2-12H2,1H3,(H2,21,22). The average Bonchev–Trinajstić information content (AvgIpc) is 3.35. The van der Waals surface area contributed by atoms with Crippen LogP contribution in [0.4, 0.5) is 5.69 Å². The molecule has 2 N–H and O–H groups in total. The van der Waals surface area contributed by atoms with E-state index in [1.807, 2.05) is 6.07 Å². The molecule has 0 atom stereocenters. The van der Waals surface area contributed by atoms with Crippen molar-refractivity contribution in [2.75, 3.05) is 33.4 Å². The van der Waals surface area contributed by atoms with Crippen LogP contribution in [-0.4, -0.2) is 44.1 Å². The van der Waals surface area contributed by atoms with Crippen LogP contribution in [0.1, 0.15) is 50.5 Å². The van der Waals surface area contributed by atoms with Crippen LogP contribution in [0.5, 0.6) is 11.5 Å². The van der Waals surface area contributed by atoms with Gasteiger partial charge in [-0.3, -0.25) is 0 Å². The van der Waals surface area contributed by atoms with E-state index in [1.54, 1.807) is 7.11 Å². The first-order chi connectivity index (χ1) is 12.2. The summed E-state index contributed by atoms with van der Waals surface area (Å²) >= 11 is 0. The Hall–Kier alpha value is -1.75. The Morgan fingerprint density at radius 2 is 1.88 bits per heavy atom. The molecule has 0 radical (unpaired) electrons. The lowest BCUT2D eigenvalue weighted by atomic mass is 9.79. The number of amidine groups is 1. The van der Waals surface area contributed by atoms with Crippen LogP contribution in [0.2, 0.25) is 0 Å². The van der Waals surface area contributed by atoms with Crippen molar-refractivity contribution in [1.29, 1.82) is 0 Å².